The number of hydrogen-bond acceptors (Lipinski definition) is 3. The Kier molecular flexibility index (Phi) is 5.03. The minimum atomic E-state index is 0.0204. The summed E-state index contributed by atoms with van der Waals surface area (Å²) in [5.41, 5.74) is 1.06. The van der Waals surface area contributed by atoms with Gasteiger partial charge in [0.15, 0.2) is 0 Å². The van der Waals surface area contributed by atoms with E-state index in [1.807, 2.05) is 12.1 Å². The highest BCUT2D eigenvalue weighted by Crippen LogP contribution is 2.00. The van der Waals surface area contributed by atoms with E-state index in [9.17, 15) is 4.79 Å². The van der Waals surface area contributed by atoms with Crippen LogP contribution in [0.15, 0.2) is 24.5 Å². The third-order valence-electron chi connectivity index (χ3n) is 2.10. The van der Waals surface area contributed by atoms with Gasteiger partial charge in [-0.15, -0.1) is 6.42 Å². The van der Waals surface area contributed by atoms with Gasteiger partial charge in [-0.25, -0.2) is 0 Å². The van der Waals surface area contributed by atoms with Crippen LogP contribution in [0.1, 0.15) is 5.56 Å². The van der Waals surface area contributed by atoms with Gasteiger partial charge in [0.2, 0.25) is 5.91 Å². The summed E-state index contributed by atoms with van der Waals surface area (Å²) < 4.78 is 0. The normalized spacial score (nSPS) is 9.50. The number of carbonyl (C=O) groups is 1. The van der Waals surface area contributed by atoms with Crippen molar-refractivity contribution < 1.29 is 4.79 Å². The number of hydrogen-bond donors (Lipinski definition) is 1. The second-order valence-corrected chi connectivity index (χ2v) is 3.41. The Morgan fingerprint density at radius 3 is 2.88 bits per heavy atom. The van der Waals surface area contributed by atoms with E-state index in [2.05, 4.69) is 16.2 Å². The van der Waals surface area contributed by atoms with Gasteiger partial charge in [-0.3, -0.25) is 15.1 Å². The molecule has 1 N–H and O–H groups in total. The van der Waals surface area contributed by atoms with Crippen LogP contribution in [0, 0.1) is 12.3 Å². The molecule has 0 saturated carbocycles. The quantitative estimate of drug-likeness (QED) is 0.568. The fourth-order valence-electron chi connectivity index (χ4n) is 1.23. The summed E-state index contributed by atoms with van der Waals surface area (Å²) in [6, 6.07) is 3.78. The van der Waals surface area contributed by atoms with E-state index in [0.717, 1.165) is 5.56 Å². The average Bonchev–Trinajstić information content (AvgIpc) is 2.30. The third-order valence-corrected chi connectivity index (χ3v) is 2.10. The molecule has 0 aliphatic heterocycles. The maximum absolute atomic E-state index is 11.6. The first-order chi connectivity index (χ1) is 7.74. The van der Waals surface area contributed by atoms with Crippen LogP contribution < -0.4 is 5.32 Å². The van der Waals surface area contributed by atoms with E-state index in [1.165, 1.54) is 0 Å². The maximum atomic E-state index is 11.6. The van der Waals surface area contributed by atoms with Crippen LogP contribution in [0.2, 0.25) is 0 Å². The van der Waals surface area contributed by atoms with Crippen LogP contribution in [0.5, 0.6) is 0 Å². The van der Waals surface area contributed by atoms with Crippen molar-refractivity contribution in [1.82, 2.24) is 15.2 Å². The summed E-state index contributed by atoms with van der Waals surface area (Å²) in [7, 11) is 1.76. The van der Waals surface area contributed by atoms with Gasteiger partial charge in [0, 0.05) is 26.0 Å². The highest BCUT2D eigenvalue weighted by atomic mass is 16.2. The Balaban J connectivity index is 2.38. The molecule has 0 saturated heterocycles. The fraction of sp³-hybridized carbons (Fsp3) is 0.333. The molecule has 16 heavy (non-hydrogen) atoms. The number of amides is 1. The van der Waals surface area contributed by atoms with Crippen molar-refractivity contribution in [2.75, 3.05) is 20.1 Å². The molecule has 0 radical (unpaired) electrons. The second kappa shape index (κ2) is 6.59. The Bertz CT molecular complexity index is 370. The molecule has 4 heteroatoms. The van der Waals surface area contributed by atoms with E-state index in [1.54, 1.807) is 24.3 Å². The topological polar surface area (TPSA) is 45.2 Å². The summed E-state index contributed by atoms with van der Waals surface area (Å²) in [6.07, 6.45) is 8.50. The van der Waals surface area contributed by atoms with Crippen LogP contribution in [0.25, 0.3) is 0 Å². The summed E-state index contributed by atoms with van der Waals surface area (Å²) in [5, 5.41) is 2.86. The lowest BCUT2D eigenvalue weighted by molar-refractivity contribution is -0.129. The SMILES string of the molecule is C#CCNCC(=O)N(C)Cc1ccncc1. The Hall–Kier alpha value is -1.86. The summed E-state index contributed by atoms with van der Waals surface area (Å²) >= 11 is 0. The van der Waals surface area contributed by atoms with Gasteiger partial charge in [0.1, 0.15) is 0 Å². The van der Waals surface area contributed by atoms with Crippen molar-refractivity contribution >= 4 is 5.91 Å². The molecule has 0 unspecified atom stereocenters. The van der Waals surface area contributed by atoms with E-state index in [4.69, 9.17) is 6.42 Å². The molecular weight excluding hydrogens is 202 g/mol. The highest BCUT2D eigenvalue weighted by Gasteiger charge is 2.07. The molecule has 4 nitrogen and oxygen atoms in total. The number of nitrogens with one attached hydrogen (secondary N) is 1. The van der Waals surface area contributed by atoms with Gasteiger partial charge in [-0.2, -0.15) is 0 Å². The Morgan fingerprint density at radius 1 is 1.56 bits per heavy atom. The molecule has 1 aromatic heterocycles. The predicted molar refractivity (Wildman–Crippen MR) is 62.4 cm³/mol. The summed E-state index contributed by atoms with van der Waals surface area (Å²) in [4.78, 5) is 17.2. The average molecular weight is 217 g/mol. The monoisotopic (exact) mass is 217 g/mol. The lowest BCUT2D eigenvalue weighted by atomic mass is 10.2. The molecule has 0 fully saturated rings. The number of carbonyl (C=O) groups excluding carboxylic acids is 1. The lowest BCUT2D eigenvalue weighted by Crippen LogP contribution is -2.35. The molecule has 0 bridgehead atoms. The van der Waals surface area contributed by atoms with Crippen LogP contribution in [0.3, 0.4) is 0 Å². The second-order valence-electron chi connectivity index (χ2n) is 3.41. The van der Waals surface area contributed by atoms with Gasteiger partial charge in [0.05, 0.1) is 13.1 Å². The summed E-state index contributed by atoms with van der Waals surface area (Å²) in [6.45, 7) is 1.26. The maximum Gasteiger partial charge on any atom is 0.236 e. The first kappa shape index (κ1) is 12.2. The first-order valence-electron chi connectivity index (χ1n) is 5.01. The Labute approximate surface area is 95.7 Å². The number of pyridine rings is 1. The van der Waals surface area contributed by atoms with Gasteiger partial charge in [-0.05, 0) is 17.7 Å². The lowest BCUT2D eigenvalue weighted by Gasteiger charge is -2.17. The molecule has 0 spiro atoms. The van der Waals surface area contributed by atoms with E-state index in [-0.39, 0.29) is 12.5 Å². The highest BCUT2D eigenvalue weighted by molar-refractivity contribution is 5.77. The zero-order chi connectivity index (χ0) is 11.8. The number of rotatable bonds is 5. The molecule has 0 aromatic carbocycles. The van der Waals surface area contributed by atoms with Crippen molar-refractivity contribution in [3.05, 3.63) is 30.1 Å². The molecule has 0 aliphatic rings. The van der Waals surface area contributed by atoms with Crippen molar-refractivity contribution in [2.45, 2.75) is 6.54 Å². The molecular formula is C12H15N3O. The zero-order valence-corrected chi connectivity index (χ0v) is 9.31. The molecule has 84 valence electrons. The molecule has 0 atom stereocenters. The van der Waals surface area contributed by atoms with Crippen molar-refractivity contribution in [3.63, 3.8) is 0 Å². The first-order valence-corrected chi connectivity index (χ1v) is 5.01. The minimum Gasteiger partial charge on any atom is -0.340 e. The number of terminal acetylenes is 1. The molecule has 1 aromatic rings. The zero-order valence-electron chi connectivity index (χ0n) is 9.31. The standard InChI is InChI=1S/C12H15N3O/c1-3-6-14-9-12(16)15(2)10-11-4-7-13-8-5-11/h1,4-5,7-8,14H,6,9-10H2,2H3. The van der Waals surface area contributed by atoms with Gasteiger partial charge in [0.25, 0.3) is 0 Å². The largest absolute Gasteiger partial charge is 0.340 e. The molecule has 1 heterocycles. The van der Waals surface area contributed by atoms with E-state index in [0.29, 0.717) is 13.1 Å². The predicted octanol–water partition coefficient (Wildman–Crippen LogP) is 0.263. The molecule has 1 amide bonds. The number of nitrogens with zero attached hydrogens (tertiary/aromatic N) is 2. The van der Waals surface area contributed by atoms with Crippen LogP contribution in [0.4, 0.5) is 0 Å². The van der Waals surface area contributed by atoms with Crippen LogP contribution in [-0.4, -0.2) is 35.9 Å². The Morgan fingerprint density at radius 2 is 2.25 bits per heavy atom. The molecule has 1 rings (SSSR count). The van der Waals surface area contributed by atoms with Gasteiger partial charge >= 0.3 is 0 Å². The smallest absolute Gasteiger partial charge is 0.236 e. The minimum absolute atomic E-state index is 0.0204. The van der Waals surface area contributed by atoms with Crippen LogP contribution in [-0.2, 0) is 11.3 Å². The number of aromatic nitrogens is 1. The molecule has 0 aliphatic carbocycles. The van der Waals surface area contributed by atoms with E-state index < -0.39 is 0 Å². The van der Waals surface area contributed by atoms with Gasteiger partial charge in [-0.1, -0.05) is 5.92 Å². The van der Waals surface area contributed by atoms with Gasteiger partial charge < -0.3 is 4.90 Å². The summed E-state index contributed by atoms with van der Waals surface area (Å²) in [5.74, 6) is 2.44. The van der Waals surface area contributed by atoms with Crippen molar-refractivity contribution in [2.24, 2.45) is 0 Å². The van der Waals surface area contributed by atoms with E-state index >= 15 is 0 Å². The van der Waals surface area contributed by atoms with Crippen molar-refractivity contribution in [3.8, 4) is 12.3 Å². The van der Waals surface area contributed by atoms with Crippen LogP contribution >= 0.6 is 0 Å². The fourth-order valence-corrected chi connectivity index (χ4v) is 1.23. The van der Waals surface area contributed by atoms with Crippen molar-refractivity contribution in [1.29, 1.82) is 0 Å². The number of likely N-dealkylation sites (N-methyl/N-ethyl adjacent to an activating group) is 1. The third kappa shape index (κ3) is 4.11.